The van der Waals surface area contributed by atoms with Gasteiger partial charge in [-0.05, 0) is 25.2 Å². The van der Waals surface area contributed by atoms with Crippen molar-refractivity contribution in [1.29, 1.82) is 0 Å². The summed E-state index contributed by atoms with van der Waals surface area (Å²) < 4.78 is 0. The van der Waals surface area contributed by atoms with Crippen molar-refractivity contribution >= 4 is 22.4 Å². The molecule has 1 fully saturated rings. The molecule has 2 atom stereocenters. The Kier molecular flexibility index (Phi) is 4.35. The summed E-state index contributed by atoms with van der Waals surface area (Å²) in [7, 11) is 0. The third kappa shape index (κ3) is 3.29. The SMILES string of the molecule is CC(C)c1cnc(NC(=O)C2CCCC(N)C2)s1. The Morgan fingerprint density at radius 3 is 2.94 bits per heavy atom. The van der Waals surface area contributed by atoms with Gasteiger partial charge in [0, 0.05) is 23.0 Å². The Hall–Kier alpha value is -0.940. The zero-order valence-electron chi connectivity index (χ0n) is 11.0. The van der Waals surface area contributed by atoms with Crippen LogP contribution in [0.25, 0.3) is 0 Å². The highest BCUT2D eigenvalue weighted by molar-refractivity contribution is 7.15. The maximum Gasteiger partial charge on any atom is 0.229 e. The predicted octanol–water partition coefficient (Wildman–Crippen LogP) is 2.72. The van der Waals surface area contributed by atoms with E-state index < -0.39 is 0 Å². The molecule has 1 amide bonds. The molecule has 2 unspecified atom stereocenters. The predicted molar refractivity (Wildman–Crippen MR) is 74.8 cm³/mol. The summed E-state index contributed by atoms with van der Waals surface area (Å²) in [5.41, 5.74) is 5.91. The van der Waals surface area contributed by atoms with Crippen LogP contribution in [0.15, 0.2) is 6.20 Å². The van der Waals surface area contributed by atoms with E-state index in [1.54, 1.807) is 11.3 Å². The number of carbonyl (C=O) groups is 1. The van der Waals surface area contributed by atoms with Crippen molar-refractivity contribution in [3.05, 3.63) is 11.1 Å². The molecule has 1 heterocycles. The first-order valence-electron chi connectivity index (χ1n) is 6.58. The summed E-state index contributed by atoms with van der Waals surface area (Å²) in [6, 6.07) is 0.178. The van der Waals surface area contributed by atoms with E-state index >= 15 is 0 Å². The fraction of sp³-hybridized carbons (Fsp3) is 0.692. The third-order valence-corrected chi connectivity index (χ3v) is 4.62. The summed E-state index contributed by atoms with van der Waals surface area (Å²) in [5, 5.41) is 3.63. The van der Waals surface area contributed by atoms with E-state index in [1.165, 1.54) is 4.88 Å². The smallest absolute Gasteiger partial charge is 0.229 e. The minimum Gasteiger partial charge on any atom is -0.328 e. The van der Waals surface area contributed by atoms with Gasteiger partial charge in [0.05, 0.1) is 0 Å². The fourth-order valence-electron chi connectivity index (χ4n) is 2.28. The van der Waals surface area contributed by atoms with Crippen molar-refractivity contribution in [2.75, 3.05) is 5.32 Å². The number of hydrogen-bond donors (Lipinski definition) is 2. The molecule has 0 radical (unpaired) electrons. The summed E-state index contributed by atoms with van der Waals surface area (Å²) >= 11 is 1.56. The van der Waals surface area contributed by atoms with Gasteiger partial charge in [-0.2, -0.15) is 0 Å². The molecule has 5 heteroatoms. The summed E-state index contributed by atoms with van der Waals surface area (Å²) in [5.74, 6) is 0.589. The van der Waals surface area contributed by atoms with Crippen molar-refractivity contribution in [1.82, 2.24) is 4.98 Å². The van der Waals surface area contributed by atoms with E-state index in [9.17, 15) is 4.79 Å². The van der Waals surface area contributed by atoms with Crippen LogP contribution < -0.4 is 11.1 Å². The van der Waals surface area contributed by atoms with Gasteiger partial charge in [-0.15, -0.1) is 11.3 Å². The molecular formula is C13H21N3OS. The first-order chi connectivity index (χ1) is 8.56. The quantitative estimate of drug-likeness (QED) is 0.884. The highest BCUT2D eigenvalue weighted by atomic mass is 32.1. The Morgan fingerprint density at radius 1 is 1.56 bits per heavy atom. The maximum absolute atomic E-state index is 12.1. The molecule has 2 rings (SSSR count). The third-order valence-electron chi connectivity index (χ3n) is 3.41. The molecule has 1 aliphatic carbocycles. The van der Waals surface area contributed by atoms with Crippen LogP contribution in [0.1, 0.15) is 50.3 Å². The van der Waals surface area contributed by atoms with Crippen LogP contribution >= 0.6 is 11.3 Å². The van der Waals surface area contributed by atoms with E-state index in [0.717, 1.165) is 25.7 Å². The van der Waals surface area contributed by atoms with Gasteiger partial charge >= 0.3 is 0 Å². The van der Waals surface area contributed by atoms with E-state index in [2.05, 4.69) is 24.1 Å². The summed E-state index contributed by atoms with van der Waals surface area (Å²) in [6.07, 6.45) is 5.68. The average molecular weight is 267 g/mol. The first kappa shape index (κ1) is 13.5. The molecule has 0 bridgehead atoms. The van der Waals surface area contributed by atoms with Crippen LogP contribution in [0.5, 0.6) is 0 Å². The lowest BCUT2D eigenvalue weighted by Crippen LogP contribution is -2.34. The Labute approximate surface area is 112 Å². The topological polar surface area (TPSA) is 68.0 Å². The van der Waals surface area contributed by atoms with Gasteiger partial charge in [0.15, 0.2) is 5.13 Å². The van der Waals surface area contributed by atoms with E-state index in [4.69, 9.17) is 5.73 Å². The summed E-state index contributed by atoms with van der Waals surface area (Å²) in [6.45, 7) is 4.25. The van der Waals surface area contributed by atoms with Gasteiger partial charge in [0.2, 0.25) is 5.91 Å². The Balaban J connectivity index is 1.93. The molecule has 3 N–H and O–H groups in total. The highest BCUT2D eigenvalue weighted by Crippen LogP contribution is 2.28. The lowest BCUT2D eigenvalue weighted by molar-refractivity contribution is -0.120. The normalized spacial score (nSPS) is 24.2. The second-order valence-corrected chi connectivity index (χ2v) is 6.40. The molecule has 18 heavy (non-hydrogen) atoms. The van der Waals surface area contributed by atoms with Crippen LogP contribution in [0.2, 0.25) is 0 Å². The number of aromatic nitrogens is 1. The molecular weight excluding hydrogens is 246 g/mol. The zero-order chi connectivity index (χ0) is 13.1. The van der Waals surface area contributed by atoms with Gasteiger partial charge in [0.25, 0.3) is 0 Å². The molecule has 1 aromatic rings. The highest BCUT2D eigenvalue weighted by Gasteiger charge is 2.25. The van der Waals surface area contributed by atoms with Crippen LogP contribution in [-0.4, -0.2) is 16.9 Å². The monoisotopic (exact) mass is 267 g/mol. The van der Waals surface area contributed by atoms with Crippen molar-refractivity contribution < 1.29 is 4.79 Å². The van der Waals surface area contributed by atoms with Gasteiger partial charge in [0.1, 0.15) is 0 Å². The van der Waals surface area contributed by atoms with Gasteiger partial charge in [-0.3, -0.25) is 4.79 Å². The molecule has 1 aromatic heterocycles. The minimum absolute atomic E-state index is 0.0557. The molecule has 1 saturated carbocycles. The molecule has 100 valence electrons. The van der Waals surface area contributed by atoms with Crippen molar-refractivity contribution in [3.63, 3.8) is 0 Å². The number of anilines is 1. The minimum atomic E-state index is 0.0557. The molecule has 4 nitrogen and oxygen atoms in total. The number of carbonyl (C=O) groups excluding carboxylic acids is 1. The zero-order valence-corrected chi connectivity index (χ0v) is 11.8. The molecule has 0 spiro atoms. The maximum atomic E-state index is 12.1. The number of thiazole rings is 1. The second kappa shape index (κ2) is 5.80. The van der Waals surface area contributed by atoms with Crippen molar-refractivity contribution in [3.8, 4) is 0 Å². The Bertz CT molecular complexity index is 416. The van der Waals surface area contributed by atoms with E-state index in [0.29, 0.717) is 11.0 Å². The standard InChI is InChI=1S/C13H21N3OS/c1-8(2)11-7-15-13(18-11)16-12(17)9-4-3-5-10(14)6-9/h7-10H,3-6,14H2,1-2H3,(H,15,16,17). The van der Waals surface area contributed by atoms with Crippen molar-refractivity contribution in [2.24, 2.45) is 11.7 Å². The van der Waals surface area contributed by atoms with Gasteiger partial charge < -0.3 is 11.1 Å². The second-order valence-electron chi connectivity index (χ2n) is 5.34. The molecule has 1 aliphatic rings. The Morgan fingerprint density at radius 2 is 2.33 bits per heavy atom. The van der Waals surface area contributed by atoms with Crippen LogP contribution in [-0.2, 0) is 4.79 Å². The van der Waals surface area contributed by atoms with Crippen LogP contribution in [0.4, 0.5) is 5.13 Å². The number of nitrogens with one attached hydrogen (secondary N) is 1. The number of amides is 1. The lowest BCUT2D eigenvalue weighted by atomic mass is 9.86. The van der Waals surface area contributed by atoms with Crippen LogP contribution in [0.3, 0.4) is 0 Å². The van der Waals surface area contributed by atoms with E-state index in [1.807, 2.05) is 6.20 Å². The van der Waals surface area contributed by atoms with Crippen LogP contribution in [0, 0.1) is 5.92 Å². The average Bonchev–Trinajstić information content (AvgIpc) is 2.77. The van der Waals surface area contributed by atoms with Crippen molar-refractivity contribution in [2.45, 2.75) is 51.5 Å². The van der Waals surface area contributed by atoms with E-state index in [-0.39, 0.29) is 17.9 Å². The van der Waals surface area contributed by atoms with Gasteiger partial charge in [-0.1, -0.05) is 20.3 Å². The number of nitrogens with two attached hydrogens (primary N) is 1. The molecule has 0 aliphatic heterocycles. The number of rotatable bonds is 3. The molecule has 0 aromatic carbocycles. The summed E-state index contributed by atoms with van der Waals surface area (Å²) in [4.78, 5) is 17.5. The number of nitrogens with zero attached hydrogens (tertiary/aromatic N) is 1. The van der Waals surface area contributed by atoms with Gasteiger partial charge in [-0.25, -0.2) is 4.98 Å². The lowest BCUT2D eigenvalue weighted by Gasteiger charge is -2.25. The number of hydrogen-bond acceptors (Lipinski definition) is 4. The largest absolute Gasteiger partial charge is 0.328 e. The molecule has 0 saturated heterocycles. The first-order valence-corrected chi connectivity index (χ1v) is 7.40. The fourth-order valence-corrected chi connectivity index (χ4v) is 3.11.